The fraction of sp³-hybridized carbons (Fsp3) is 0.517. The molecular formula is C29H41N7O5Si. The van der Waals surface area contributed by atoms with Crippen LogP contribution in [-0.2, 0) is 16.2 Å². The molecule has 0 unspecified atom stereocenters. The normalized spacial score (nSPS) is 17.8. The standard InChI is InChI=1S/C29H41N7O5Si/c1-42(2,3)16-15-41-20-36-25(17-24-26(30-19-31-27(24)36)34-11-13-40-14-12-34)21-6-8-22(9-7-21)32-28(37)33-23-5-4-10-35(18-23)29(38)39/h6-9,17,19,23H,4-5,10-16,18,20H2,1-3H3,(H,38,39)(H2,32,33,37)/t23-/m0/s1. The number of carboxylic acid groups (broad SMARTS) is 1. The number of aromatic nitrogens is 3. The lowest BCUT2D eigenvalue weighted by Crippen LogP contribution is -2.50. The van der Waals surface area contributed by atoms with Gasteiger partial charge in [-0.15, -0.1) is 0 Å². The molecule has 0 aliphatic carbocycles. The van der Waals surface area contributed by atoms with Gasteiger partial charge in [0.2, 0.25) is 0 Å². The summed E-state index contributed by atoms with van der Waals surface area (Å²) in [5.74, 6) is 0.893. The number of benzene rings is 1. The number of ether oxygens (including phenoxy) is 2. The molecule has 2 aliphatic heterocycles. The molecule has 1 aromatic carbocycles. The second-order valence-electron chi connectivity index (χ2n) is 12.1. The highest BCUT2D eigenvalue weighted by Gasteiger charge is 2.25. The molecule has 2 aliphatic rings. The number of hydrogen-bond acceptors (Lipinski definition) is 7. The molecular weight excluding hydrogens is 554 g/mol. The van der Waals surface area contributed by atoms with Crippen molar-refractivity contribution in [1.82, 2.24) is 24.8 Å². The van der Waals surface area contributed by atoms with Crippen LogP contribution in [0.5, 0.6) is 0 Å². The third-order valence-corrected chi connectivity index (χ3v) is 9.37. The summed E-state index contributed by atoms with van der Waals surface area (Å²) < 4.78 is 13.8. The topological polar surface area (TPSA) is 134 Å². The lowest BCUT2D eigenvalue weighted by Gasteiger charge is -2.31. The zero-order chi connectivity index (χ0) is 29.7. The van der Waals surface area contributed by atoms with Gasteiger partial charge in [0.05, 0.1) is 24.3 Å². The van der Waals surface area contributed by atoms with E-state index in [1.165, 1.54) is 4.90 Å². The van der Waals surface area contributed by atoms with E-state index in [1.54, 1.807) is 6.33 Å². The Kier molecular flexibility index (Phi) is 9.29. The van der Waals surface area contributed by atoms with Gasteiger partial charge in [-0.3, -0.25) is 0 Å². The maximum Gasteiger partial charge on any atom is 0.407 e. The first-order valence-electron chi connectivity index (χ1n) is 14.6. The van der Waals surface area contributed by atoms with Gasteiger partial charge in [0.1, 0.15) is 24.5 Å². The van der Waals surface area contributed by atoms with Gasteiger partial charge in [-0.05, 0) is 42.6 Å². The molecule has 4 heterocycles. The molecule has 2 aromatic heterocycles. The Morgan fingerprint density at radius 1 is 1.12 bits per heavy atom. The minimum absolute atomic E-state index is 0.215. The molecule has 2 fully saturated rings. The predicted octanol–water partition coefficient (Wildman–Crippen LogP) is 4.51. The van der Waals surface area contributed by atoms with E-state index in [2.05, 4.69) is 55.8 Å². The van der Waals surface area contributed by atoms with Crippen molar-refractivity contribution < 1.29 is 24.2 Å². The summed E-state index contributed by atoms with van der Waals surface area (Å²) in [6.07, 6.45) is 2.12. The highest BCUT2D eigenvalue weighted by molar-refractivity contribution is 6.76. The minimum Gasteiger partial charge on any atom is -0.465 e. The number of anilines is 2. The van der Waals surface area contributed by atoms with Crippen molar-refractivity contribution >= 4 is 42.7 Å². The van der Waals surface area contributed by atoms with Gasteiger partial charge in [0.15, 0.2) is 0 Å². The average molecular weight is 596 g/mol. The molecule has 42 heavy (non-hydrogen) atoms. The molecule has 0 spiro atoms. The second-order valence-corrected chi connectivity index (χ2v) is 17.7. The van der Waals surface area contributed by atoms with Gasteiger partial charge in [-0.1, -0.05) is 31.8 Å². The van der Waals surface area contributed by atoms with Crippen LogP contribution >= 0.6 is 0 Å². The highest BCUT2D eigenvalue weighted by Crippen LogP contribution is 2.33. The number of amides is 3. The van der Waals surface area contributed by atoms with Crippen LogP contribution in [0.15, 0.2) is 36.7 Å². The van der Waals surface area contributed by atoms with Crippen LogP contribution in [0.25, 0.3) is 22.3 Å². The zero-order valence-corrected chi connectivity index (χ0v) is 25.6. The van der Waals surface area contributed by atoms with E-state index >= 15 is 0 Å². The van der Waals surface area contributed by atoms with Gasteiger partial charge >= 0.3 is 12.1 Å². The maximum atomic E-state index is 12.7. The van der Waals surface area contributed by atoms with Crippen LogP contribution < -0.4 is 15.5 Å². The molecule has 3 amide bonds. The first kappa shape index (κ1) is 29.8. The van der Waals surface area contributed by atoms with Gasteiger partial charge < -0.3 is 39.6 Å². The largest absolute Gasteiger partial charge is 0.465 e. The monoisotopic (exact) mass is 595 g/mol. The van der Waals surface area contributed by atoms with Crippen LogP contribution in [0.1, 0.15) is 12.8 Å². The highest BCUT2D eigenvalue weighted by atomic mass is 28.3. The van der Waals surface area contributed by atoms with Crippen molar-refractivity contribution in [2.24, 2.45) is 0 Å². The molecule has 1 atom stereocenters. The van der Waals surface area contributed by atoms with Crippen molar-refractivity contribution in [3.8, 4) is 11.3 Å². The lowest BCUT2D eigenvalue weighted by atomic mass is 10.1. The van der Waals surface area contributed by atoms with Crippen LogP contribution in [0.3, 0.4) is 0 Å². The Morgan fingerprint density at radius 3 is 2.60 bits per heavy atom. The molecule has 12 nitrogen and oxygen atoms in total. The molecule has 13 heteroatoms. The number of nitrogens with one attached hydrogen (secondary N) is 2. The van der Waals surface area contributed by atoms with E-state index in [-0.39, 0.29) is 12.1 Å². The van der Waals surface area contributed by atoms with Gasteiger partial charge in [-0.2, -0.15) is 0 Å². The van der Waals surface area contributed by atoms with Crippen molar-refractivity contribution in [1.29, 1.82) is 0 Å². The fourth-order valence-electron chi connectivity index (χ4n) is 5.33. The molecule has 226 valence electrons. The molecule has 0 radical (unpaired) electrons. The van der Waals surface area contributed by atoms with Crippen molar-refractivity contribution in [3.05, 3.63) is 36.7 Å². The number of carbonyl (C=O) groups is 2. The predicted molar refractivity (Wildman–Crippen MR) is 165 cm³/mol. The summed E-state index contributed by atoms with van der Waals surface area (Å²) in [5.41, 5.74) is 3.38. The summed E-state index contributed by atoms with van der Waals surface area (Å²) >= 11 is 0. The third-order valence-electron chi connectivity index (χ3n) is 7.66. The van der Waals surface area contributed by atoms with Crippen molar-refractivity contribution in [2.75, 3.05) is 56.2 Å². The third kappa shape index (κ3) is 7.39. The molecule has 0 bridgehead atoms. The number of rotatable bonds is 9. The van der Waals surface area contributed by atoms with Crippen LogP contribution in [0, 0.1) is 0 Å². The Morgan fingerprint density at radius 2 is 1.88 bits per heavy atom. The molecule has 2 saturated heterocycles. The molecule has 5 rings (SSSR count). The Hall–Kier alpha value is -3.68. The molecule has 0 saturated carbocycles. The quantitative estimate of drug-likeness (QED) is 0.243. The second kappa shape index (κ2) is 13.1. The van der Waals surface area contributed by atoms with Crippen LogP contribution in [0.4, 0.5) is 21.1 Å². The number of likely N-dealkylation sites (tertiary alicyclic amines) is 1. The summed E-state index contributed by atoms with van der Waals surface area (Å²) in [6.45, 7) is 11.8. The maximum absolute atomic E-state index is 12.7. The molecule has 3 aromatic rings. The van der Waals surface area contributed by atoms with E-state index in [1.807, 2.05) is 24.3 Å². The van der Waals surface area contributed by atoms with Crippen molar-refractivity contribution in [2.45, 2.75) is 51.3 Å². The van der Waals surface area contributed by atoms with Crippen LogP contribution in [-0.4, -0.2) is 96.8 Å². The number of hydrogen-bond donors (Lipinski definition) is 3. The van der Waals surface area contributed by atoms with Gasteiger partial charge in [-0.25, -0.2) is 19.6 Å². The summed E-state index contributed by atoms with van der Waals surface area (Å²) in [6, 6.07) is 10.3. The first-order valence-corrected chi connectivity index (χ1v) is 18.3. The summed E-state index contributed by atoms with van der Waals surface area (Å²) in [4.78, 5) is 36.8. The number of carbonyl (C=O) groups excluding carboxylic acids is 1. The summed E-state index contributed by atoms with van der Waals surface area (Å²) in [5, 5.41) is 16.0. The van der Waals surface area contributed by atoms with E-state index in [0.717, 1.165) is 60.1 Å². The van der Waals surface area contributed by atoms with Crippen molar-refractivity contribution in [3.63, 3.8) is 0 Å². The zero-order valence-electron chi connectivity index (χ0n) is 24.6. The smallest absolute Gasteiger partial charge is 0.407 e. The SMILES string of the molecule is C[Si](C)(C)CCOCn1c(-c2ccc(NC(=O)N[C@H]3CCCN(C(=O)O)C3)cc2)cc2c(N3CCOCC3)ncnc21. The van der Waals surface area contributed by atoms with E-state index in [4.69, 9.17) is 9.47 Å². The first-order chi connectivity index (χ1) is 20.2. The Bertz CT molecular complexity index is 1390. The number of urea groups is 1. The van der Waals surface area contributed by atoms with E-state index in [0.29, 0.717) is 45.3 Å². The number of fused-ring (bicyclic) bond motifs is 1. The summed E-state index contributed by atoms with van der Waals surface area (Å²) in [7, 11) is -1.23. The Balaban J connectivity index is 1.34. The average Bonchev–Trinajstić information content (AvgIpc) is 3.34. The fourth-order valence-corrected chi connectivity index (χ4v) is 6.08. The molecule has 3 N–H and O–H groups in total. The number of nitrogens with zero attached hydrogens (tertiary/aromatic N) is 5. The van der Waals surface area contributed by atoms with Gasteiger partial charge in [0.25, 0.3) is 0 Å². The minimum atomic E-state index is -1.23. The van der Waals surface area contributed by atoms with Gasteiger partial charge in [0, 0.05) is 52.6 Å². The van der Waals surface area contributed by atoms with Crippen LogP contribution in [0.2, 0.25) is 25.7 Å². The number of piperidine rings is 1. The lowest BCUT2D eigenvalue weighted by molar-refractivity contribution is 0.0909. The number of morpholine rings is 1. The Labute approximate surface area is 247 Å². The van der Waals surface area contributed by atoms with E-state index < -0.39 is 14.2 Å². The van der Waals surface area contributed by atoms with E-state index in [9.17, 15) is 14.7 Å².